The van der Waals surface area contributed by atoms with Gasteiger partial charge in [-0.2, -0.15) is 0 Å². The van der Waals surface area contributed by atoms with E-state index in [1.807, 2.05) is 30.3 Å². The monoisotopic (exact) mass is 241 g/mol. The van der Waals surface area contributed by atoms with Gasteiger partial charge in [-0.1, -0.05) is 36.4 Å². The number of hydrogen-bond acceptors (Lipinski definition) is 3. The van der Waals surface area contributed by atoms with Crippen molar-refractivity contribution in [2.24, 2.45) is 0 Å². The predicted octanol–water partition coefficient (Wildman–Crippen LogP) is 3.00. The Hall–Kier alpha value is -2.49. The predicted molar refractivity (Wildman–Crippen MR) is 67.7 cm³/mol. The summed E-state index contributed by atoms with van der Waals surface area (Å²) in [6, 6.07) is 14.4. The van der Waals surface area contributed by atoms with Gasteiger partial charge in [0.1, 0.15) is 0 Å². The summed E-state index contributed by atoms with van der Waals surface area (Å²) in [6.07, 6.45) is 1.17. The van der Waals surface area contributed by atoms with Gasteiger partial charge in [0.05, 0.1) is 10.5 Å². The molecule has 0 amide bonds. The van der Waals surface area contributed by atoms with Crippen LogP contribution in [0.15, 0.2) is 48.5 Å². The number of nitro benzene ring substituents is 1. The van der Waals surface area contributed by atoms with Crippen LogP contribution in [0, 0.1) is 10.1 Å². The number of carbonyl (C=O) groups is 1. The highest BCUT2D eigenvalue weighted by atomic mass is 16.6. The molecule has 18 heavy (non-hydrogen) atoms. The second-order valence-electron chi connectivity index (χ2n) is 3.93. The van der Waals surface area contributed by atoms with E-state index in [4.69, 9.17) is 0 Å². The zero-order valence-corrected chi connectivity index (χ0v) is 9.58. The SMILES string of the molecule is O=Cc1cc(Cc2ccccc2)ccc1[N+](=O)[O-]. The molecule has 0 bridgehead atoms. The van der Waals surface area contributed by atoms with Gasteiger partial charge in [-0.3, -0.25) is 14.9 Å². The molecule has 0 aliphatic rings. The zero-order valence-electron chi connectivity index (χ0n) is 9.58. The average Bonchev–Trinajstić information content (AvgIpc) is 2.39. The number of hydrogen-bond donors (Lipinski definition) is 0. The molecule has 4 heteroatoms. The summed E-state index contributed by atoms with van der Waals surface area (Å²) >= 11 is 0. The van der Waals surface area contributed by atoms with E-state index in [1.54, 1.807) is 12.1 Å². The number of carbonyl (C=O) groups excluding carboxylic acids is 1. The molecule has 4 nitrogen and oxygen atoms in total. The molecule has 0 N–H and O–H groups in total. The van der Waals surface area contributed by atoms with E-state index >= 15 is 0 Å². The molecule has 0 aliphatic carbocycles. The van der Waals surface area contributed by atoms with Crippen molar-refractivity contribution >= 4 is 12.0 Å². The molecule has 0 spiro atoms. The molecule has 2 aromatic carbocycles. The van der Waals surface area contributed by atoms with Crippen LogP contribution in [-0.2, 0) is 6.42 Å². The van der Waals surface area contributed by atoms with Gasteiger partial charge in [0, 0.05) is 6.07 Å². The molecular weight excluding hydrogens is 230 g/mol. The van der Waals surface area contributed by atoms with E-state index in [2.05, 4.69) is 0 Å². The standard InChI is InChI=1S/C14H11NO3/c16-10-13-9-12(6-7-14(13)15(17)18)8-11-4-2-1-3-5-11/h1-7,9-10H,8H2. The van der Waals surface area contributed by atoms with Crippen molar-refractivity contribution in [3.8, 4) is 0 Å². The Labute approximate surface area is 104 Å². The van der Waals surface area contributed by atoms with Crippen LogP contribution in [0.4, 0.5) is 5.69 Å². The quantitative estimate of drug-likeness (QED) is 0.469. The van der Waals surface area contributed by atoms with Crippen LogP contribution in [-0.4, -0.2) is 11.2 Å². The smallest absolute Gasteiger partial charge is 0.279 e. The molecule has 0 fully saturated rings. The lowest BCUT2D eigenvalue weighted by Gasteiger charge is -2.03. The maximum Gasteiger partial charge on any atom is 0.279 e. The summed E-state index contributed by atoms with van der Waals surface area (Å²) in [6.45, 7) is 0. The molecule has 0 unspecified atom stereocenters. The molecule has 0 aliphatic heterocycles. The minimum atomic E-state index is -0.546. The van der Waals surface area contributed by atoms with Crippen molar-refractivity contribution in [2.45, 2.75) is 6.42 Å². The van der Waals surface area contributed by atoms with E-state index in [0.29, 0.717) is 12.7 Å². The third-order valence-electron chi connectivity index (χ3n) is 2.67. The van der Waals surface area contributed by atoms with E-state index in [1.165, 1.54) is 6.07 Å². The Bertz CT molecular complexity index is 579. The second kappa shape index (κ2) is 5.23. The molecule has 0 saturated heterocycles. The van der Waals surface area contributed by atoms with Crippen LogP contribution < -0.4 is 0 Å². The first kappa shape index (κ1) is 12.0. The maximum atomic E-state index is 10.8. The van der Waals surface area contributed by atoms with Gasteiger partial charge in [0.2, 0.25) is 0 Å². The maximum absolute atomic E-state index is 10.8. The second-order valence-corrected chi connectivity index (χ2v) is 3.93. The van der Waals surface area contributed by atoms with E-state index in [0.717, 1.165) is 11.1 Å². The Morgan fingerprint density at radius 3 is 2.39 bits per heavy atom. The first-order valence-electron chi connectivity index (χ1n) is 5.47. The zero-order chi connectivity index (χ0) is 13.0. The topological polar surface area (TPSA) is 60.2 Å². The molecule has 0 radical (unpaired) electrons. The lowest BCUT2D eigenvalue weighted by atomic mass is 10.0. The van der Waals surface area contributed by atoms with E-state index < -0.39 is 4.92 Å². The van der Waals surface area contributed by atoms with Crippen molar-refractivity contribution in [3.05, 3.63) is 75.3 Å². The number of benzene rings is 2. The first-order chi connectivity index (χ1) is 8.70. The van der Waals surface area contributed by atoms with Crippen molar-refractivity contribution in [2.75, 3.05) is 0 Å². The van der Waals surface area contributed by atoms with Crippen molar-refractivity contribution in [3.63, 3.8) is 0 Å². The summed E-state index contributed by atoms with van der Waals surface area (Å²) in [5.74, 6) is 0. The number of rotatable bonds is 4. The lowest BCUT2D eigenvalue weighted by Crippen LogP contribution is -1.96. The highest BCUT2D eigenvalue weighted by Gasteiger charge is 2.13. The van der Waals surface area contributed by atoms with Crippen molar-refractivity contribution in [1.29, 1.82) is 0 Å². The first-order valence-corrected chi connectivity index (χ1v) is 5.47. The van der Waals surface area contributed by atoms with Gasteiger partial charge in [0.15, 0.2) is 6.29 Å². The summed E-state index contributed by atoms with van der Waals surface area (Å²) in [5.41, 5.74) is 1.95. The van der Waals surface area contributed by atoms with Gasteiger partial charge in [-0.25, -0.2) is 0 Å². The molecular formula is C14H11NO3. The largest absolute Gasteiger partial charge is 0.298 e. The highest BCUT2D eigenvalue weighted by Crippen LogP contribution is 2.20. The molecule has 2 rings (SSSR count). The molecule has 0 aromatic heterocycles. The number of nitrogens with zero attached hydrogens (tertiary/aromatic N) is 1. The number of nitro groups is 1. The Balaban J connectivity index is 2.31. The van der Waals surface area contributed by atoms with Gasteiger partial charge in [-0.15, -0.1) is 0 Å². The molecule has 90 valence electrons. The fraction of sp³-hybridized carbons (Fsp3) is 0.0714. The minimum Gasteiger partial charge on any atom is -0.298 e. The Morgan fingerprint density at radius 1 is 1.06 bits per heavy atom. The third kappa shape index (κ3) is 2.60. The Kier molecular flexibility index (Phi) is 3.48. The molecule has 0 atom stereocenters. The number of aldehydes is 1. The van der Waals surface area contributed by atoms with Crippen molar-refractivity contribution in [1.82, 2.24) is 0 Å². The normalized spacial score (nSPS) is 10.0. The van der Waals surface area contributed by atoms with Crippen LogP contribution in [0.25, 0.3) is 0 Å². The summed E-state index contributed by atoms with van der Waals surface area (Å²) in [7, 11) is 0. The van der Waals surface area contributed by atoms with Crippen molar-refractivity contribution < 1.29 is 9.72 Å². The van der Waals surface area contributed by atoms with Gasteiger partial charge in [-0.05, 0) is 23.6 Å². The minimum absolute atomic E-state index is 0.119. The molecule has 0 heterocycles. The van der Waals surface area contributed by atoms with Gasteiger partial charge >= 0.3 is 0 Å². The highest BCUT2D eigenvalue weighted by molar-refractivity contribution is 5.81. The van der Waals surface area contributed by atoms with Gasteiger partial charge in [0.25, 0.3) is 5.69 Å². The third-order valence-corrected chi connectivity index (χ3v) is 2.67. The van der Waals surface area contributed by atoms with E-state index in [-0.39, 0.29) is 11.3 Å². The Morgan fingerprint density at radius 2 is 1.78 bits per heavy atom. The summed E-state index contributed by atoms with van der Waals surface area (Å²) < 4.78 is 0. The molecule has 2 aromatic rings. The fourth-order valence-electron chi connectivity index (χ4n) is 1.81. The summed E-state index contributed by atoms with van der Waals surface area (Å²) in [4.78, 5) is 21.0. The fourth-order valence-corrected chi connectivity index (χ4v) is 1.81. The van der Waals surface area contributed by atoms with Gasteiger partial charge < -0.3 is 0 Å². The molecule has 0 saturated carbocycles. The summed E-state index contributed by atoms with van der Waals surface area (Å²) in [5, 5.41) is 10.7. The van der Waals surface area contributed by atoms with Crippen LogP contribution in [0.1, 0.15) is 21.5 Å². The average molecular weight is 241 g/mol. The van der Waals surface area contributed by atoms with Crippen LogP contribution in [0.2, 0.25) is 0 Å². The van der Waals surface area contributed by atoms with Crippen LogP contribution >= 0.6 is 0 Å². The van der Waals surface area contributed by atoms with Crippen LogP contribution in [0.5, 0.6) is 0 Å². The van der Waals surface area contributed by atoms with E-state index in [9.17, 15) is 14.9 Å². The lowest BCUT2D eigenvalue weighted by molar-refractivity contribution is -0.385. The van der Waals surface area contributed by atoms with Crippen LogP contribution in [0.3, 0.4) is 0 Å².